The maximum Gasteiger partial charge on any atom is 0.136 e. The number of hydrogen-bond acceptors (Lipinski definition) is 6. The Morgan fingerprint density at radius 3 is 2.48 bits per heavy atom. The molecule has 6 nitrogen and oxygen atoms in total. The number of rotatable bonds is 6. The van der Waals surface area contributed by atoms with E-state index >= 15 is 0 Å². The number of anilines is 4. The van der Waals surface area contributed by atoms with Crippen molar-refractivity contribution < 1.29 is 0 Å². The van der Waals surface area contributed by atoms with E-state index in [0.29, 0.717) is 6.54 Å². The van der Waals surface area contributed by atoms with Gasteiger partial charge in [0.2, 0.25) is 0 Å². The van der Waals surface area contributed by atoms with Crippen molar-refractivity contribution >= 4 is 23.0 Å². The molecule has 2 aromatic heterocycles. The molecule has 138 valence electrons. The Morgan fingerprint density at radius 2 is 1.74 bits per heavy atom. The smallest absolute Gasteiger partial charge is 0.136 e. The first-order chi connectivity index (χ1) is 13.3. The van der Waals surface area contributed by atoms with E-state index in [0.717, 1.165) is 41.9 Å². The van der Waals surface area contributed by atoms with Crippen molar-refractivity contribution in [1.29, 1.82) is 0 Å². The van der Waals surface area contributed by atoms with E-state index in [2.05, 4.69) is 54.8 Å². The zero-order valence-corrected chi connectivity index (χ0v) is 15.5. The van der Waals surface area contributed by atoms with Crippen LogP contribution < -0.4 is 15.5 Å². The number of benzene rings is 1. The molecule has 0 saturated carbocycles. The van der Waals surface area contributed by atoms with Gasteiger partial charge in [-0.2, -0.15) is 0 Å². The van der Waals surface area contributed by atoms with Gasteiger partial charge in [-0.1, -0.05) is 6.07 Å². The lowest BCUT2D eigenvalue weighted by Gasteiger charge is -2.18. The lowest BCUT2D eigenvalue weighted by molar-refractivity contribution is 0.949. The third-order valence-corrected chi connectivity index (χ3v) is 4.63. The average molecular weight is 360 g/mol. The SMILES string of the molecule is Cc1nc(NCc2ccccn2)cc(Nc2ccc(N3CCCC3)cc2)n1. The minimum atomic E-state index is 0.626. The molecule has 1 aliphatic heterocycles. The van der Waals surface area contributed by atoms with Crippen LogP contribution in [0.5, 0.6) is 0 Å². The van der Waals surface area contributed by atoms with Gasteiger partial charge >= 0.3 is 0 Å². The molecule has 0 atom stereocenters. The Kier molecular flexibility index (Phi) is 5.14. The molecule has 4 rings (SSSR count). The Hall–Kier alpha value is -3.15. The fourth-order valence-corrected chi connectivity index (χ4v) is 3.28. The normalized spacial score (nSPS) is 13.6. The maximum absolute atomic E-state index is 4.50. The second kappa shape index (κ2) is 8.03. The Morgan fingerprint density at radius 1 is 0.963 bits per heavy atom. The molecule has 6 heteroatoms. The maximum atomic E-state index is 4.50. The molecule has 1 fully saturated rings. The van der Waals surface area contributed by atoms with Gasteiger partial charge in [0.05, 0.1) is 12.2 Å². The molecule has 0 amide bonds. The molecule has 1 saturated heterocycles. The summed E-state index contributed by atoms with van der Waals surface area (Å²) in [4.78, 5) is 15.7. The van der Waals surface area contributed by atoms with Gasteiger partial charge in [-0.3, -0.25) is 4.98 Å². The van der Waals surface area contributed by atoms with Gasteiger partial charge in [-0.05, 0) is 56.2 Å². The summed E-state index contributed by atoms with van der Waals surface area (Å²) in [7, 11) is 0. The first-order valence-electron chi connectivity index (χ1n) is 9.38. The van der Waals surface area contributed by atoms with Gasteiger partial charge in [0.25, 0.3) is 0 Å². The highest BCUT2D eigenvalue weighted by molar-refractivity contribution is 5.62. The average Bonchev–Trinajstić information content (AvgIpc) is 3.22. The van der Waals surface area contributed by atoms with Crippen molar-refractivity contribution in [3.63, 3.8) is 0 Å². The van der Waals surface area contributed by atoms with E-state index in [9.17, 15) is 0 Å². The number of nitrogens with one attached hydrogen (secondary N) is 2. The van der Waals surface area contributed by atoms with Crippen LogP contribution >= 0.6 is 0 Å². The van der Waals surface area contributed by atoms with Crippen molar-refractivity contribution in [3.05, 3.63) is 66.2 Å². The predicted molar refractivity (Wildman–Crippen MR) is 110 cm³/mol. The van der Waals surface area contributed by atoms with E-state index < -0.39 is 0 Å². The summed E-state index contributed by atoms with van der Waals surface area (Å²) in [6, 6.07) is 16.3. The van der Waals surface area contributed by atoms with Crippen LogP contribution in [0.3, 0.4) is 0 Å². The first kappa shape index (κ1) is 17.3. The standard InChI is InChI=1S/C21H24N6/c1-16-24-20(23-15-18-6-2-3-11-22-18)14-21(25-16)26-17-7-9-19(10-8-17)27-12-4-5-13-27/h2-3,6-11,14H,4-5,12-13,15H2,1H3,(H2,23,24,25,26). The first-order valence-corrected chi connectivity index (χ1v) is 9.38. The number of aromatic nitrogens is 3. The van der Waals surface area contributed by atoms with Crippen LogP contribution in [0.15, 0.2) is 54.7 Å². The van der Waals surface area contributed by atoms with Gasteiger partial charge in [0.15, 0.2) is 0 Å². The zero-order chi connectivity index (χ0) is 18.5. The lowest BCUT2D eigenvalue weighted by Crippen LogP contribution is -2.17. The van der Waals surface area contributed by atoms with Gasteiger partial charge in [0, 0.05) is 36.7 Å². The highest BCUT2D eigenvalue weighted by Crippen LogP contribution is 2.24. The van der Waals surface area contributed by atoms with Gasteiger partial charge < -0.3 is 15.5 Å². The summed E-state index contributed by atoms with van der Waals surface area (Å²) in [5, 5.41) is 6.69. The molecule has 0 bridgehead atoms. The molecule has 27 heavy (non-hydrogen) atoms. The lowest BCUT2D eigenvalue weighted by atomic mass is 10.2. The minimum absolute atomic E-state index is 0.626. The molecule has 2 N–H and O–H groups in total. The topological polar surface area (TPSA) is 66.0 Å². The molecule has 0 unspecified atom stereocenters. The third-order valence-electron chi connectivity index (χ3n) is 4.63. The van der Waals surface area contributed by atoms with E-state index in [1.165, 1.54) is 18.5 Å². The van der Waals surface area contributed by atoms with Crippen molar-refractivity contribution in [2.24, 2.45) is 0 Å². The van der Waals surface area contributed by atoms with Gasteiger partial charge in [-0.25, -0.2) is 9.97 Å². The second-order valence-corrected chi connectivity index (χ2v) is 6.73. The van der Waals surface area contributed by atoms with E-state index in [1.807, 2.05) is 31.2 Å². The van der Waals surface area contributed by atoms with E-state index in [1.54, 1.807) is 6.20 Å². The summed E-state index contributed by atoms with van der Waals surface area (Å²) in [5.41, 5.74) is 3.28. The number of hydrogen-bond donors (Lipinski definition) is 2. The predicted octanol–water partition coefficient (Wildman–Crippen LogP) is 4.14. The van der Waals surface area contributed by atoms with Crippen LogP contribution in [-0.2, 0) is 6.54 Å². The molecule has 3 heterocycles. The molecule has 0 aliphatic carbocycles. The summed E-state index contributed by atoms with van der Waals surface area (Å²) >= 11 is 0. The van der Waals surface area contributed by atoms with E-state index in [-0.39, 0.29) is 0 Å². The Labute approximate surface area is 159 Å². The van der Waals surface area contributed by atoms with Crippen molar-refractivity contribution in [2.75, 3.05) is 28.6 Å². The molecule has 1 aromatic carbocycles. The van der Waals surface area contributed by atoms with Crippen LogP contribution in [-0.4, -0.2) is 28.0 Å². The van der Waals surface area contributed by atoms with Crippen LogP contribution in [0.1, 0.15) is 24.4 Å². The van der Waals surface area contributed by atoms with Crippen molar-refractivity contribution in [2.45, 2.75) is 26.3 Å². The fourth-order valence-electron chi connectivity index (χ4n) is 3.28. The van der Waals surface area contributed by atoms with Crippen LogP contribution in [0, 0.1) is 6.92 Å². The second-order valence-electron chi connectivity index (χ2n) is 6.73. The van der Waals surface area contributed by atoms with Crippen LogP contribution in [0.25, 0.3) is 0 Å². The zero-order valence-electron chi connectivity index (χ0n) is 15.5. The number of nitrogens with zero attached hydrogens (tertiary/aromatic N) is 4. The summed E-state index contributed by atoms with van der Waals surface area (Å²) < 4.78 is 0. The van der Waals surface area contributed by atoms with E-state index in [4.69, 9.17) is 0 Å². The molecular formula is C21H24N6. The van der Waals surface area contributed by atoms with Crippen molar-refractivity contribution in [3.8, 4) is 0 Å². The summed E-state index contributed by atoms with van der Waals surface area (Å²) in [6.45, 7) is 4.83. The quantitative estimate of drug-likeness (QED) is 0.689. The highest BCUT2D eigenvalue weighted by Gasteiger charge is 2.12. The Balaban J connectivity index is 1.43. The Bertz CT molecular complexity index is 873. The number of pyridine rings is 1. The third kappa shape index (κ3) is 4.53. The summed E-state index contributed by atoms with van der Waals surface area (Å²) in [5.74, 6) is 2.28. The minimum Gasteiger partial charge on any atom is -0.372 e. The van der Waals surface area contributed by atoms with Gasteiger partial charge in [-0.15, -0.1) is 0 Å². The monoisotopic (exact) mass is 360 g/mol. The molecule has 0 radical (unpaired) electrons. The summed E-state index contributed by atoms with van der Waals surface area (Å²) in [6.07, 6.45) is 4.37. The molecule has 0 spiro atoms. The largest absolute Gasteiger partial charge is 0.372 e. The van der Waals surface area contributed by atoms with Crippen LogP contribution in [0.4, 0.5) is 23.0 Å². The highest BCUT2D eigenvalue weighted by atomic mass is 15.1. The molecule has 3 aromatic rings. The fraction of sp³-hybridized carbons (Fsp3) is 0.286. The molecular weight excluding hydrogens is 336 g/mol. The number of aryl methyl sites for hydroxylation is 1. The van der Waals surface area contributed by atoms with Crippen molar-refractivity contribution in [1.82, 2.24) is 15.0 Å². The van der Waals surface area contributed by atoms with Crippen LogP contribution in [0.2, 0.25) is 0 Å². The molecule has 1 aliphatic rings. The van der Waals surface area contributed by atoms with Gasteiger partial charge in [0.1, 0.15) is 17.5 Å².